The topological polar surface area (TPSA) is 52.0 Å². The van der Waals surface area contributed by atoms with E-state index in [9.17, 15) is 0 Å². The Hall–Kier alpha value is -1.72. The molecule has 0 amide bonds. The van der Waals surface area contributed by atoms with Gasteiger partial charge in [0.2, 0.25) is 0 Å². The predicted molar refractivity (Wildman–Crippen MR) is 96.0 cm³/mol. The molecule has 1 spiro atoms. The van der Waals surface area contributed by atoms with Crippen LogP contribution in [0.15, 0.2) is 30.3 Å². The Balaban J connectivity index is 1.51. The molecule has 1 saturated carbocycles. The predicted octanol–water partition coefficient (Wildman–Crippen LogP) is 3.02. The third kappa shape index (κ3) is 2.79. The number of para-hydroxylation sites is 1. The molecule has 2 saturated heterocycles. The van der Waals surface area contributed by atoms with Crippen molar-refractivity contribution in [2.75, 3.05) is 26.3 Å². The molecule has 0 bridgehead atoms. The number of rotatable bonds is 3. The molecule has 0 unspecified atom stereocenters. The highest BCUT2D eigenvalue weighted by molar-refractivity contribution is 5.34. The first-order valence-corrected chi connectivity index (χ1v) is 9.66. The van der Waals surface area contributed by atoms with E-state index in [0.717, 1.165) is 50.7 Å². The van der Waals surface area contributed by atoms with Crippen molar-refractivity contribution < 1.29 is 4.74 Å². The van der Waals surface area contributed by atoms with Crippen LogP contribution in [-0.2, 0) is 4.74 Å². The second-order valence-electron chi connectivity index (χ2n) is 7.83. The Morgan fingerprint density at radius 2 is 1.84 bits per heavy atom. The quantitative estimate of drug-likeness (QED) is 0.935. The monoisotopic (exact) mass is 338 g/mol. The van der Waals surface area contributed by atoms with Gasteiger partial charge in [-0.15, -0.1) is 0 Å². The fraction of sp³-hybridized carbons (Fsp3) is 0.600. The number of nitrogens with one attached hydrogen (secondary N) is 1. The van der Waals surface area contributed by atoms with Gasteiger partial charge in [-0.1, -0.05) is 18.2 Å². The molecule has 3 aliphatic rings. The highest BCUT2D eigenvalue weighted by Gasteiger charge is 2.57. The van der Waals surface area contributed by atoms with Crippen LogP contribution in [0.25, 0.3) is 5.69 Å². The van der Waals surface area contributed by atoms with Crippen molar-refractivity contribution in [3.8, 4) is 5.69 Å². The van der Waals surface area contributed by atoms with Crippen molar-refractivity contribution >= 4 is 0 Å². The molecule has 1 aromatic heterocycles. The van der Waals surface area contributed by atoms with Gasteiger partial charge < -0.3 is 10.1 Å². The normalized spacial score (nSPS) is 26.0. The van der Waals surface area contributed by atoms with E-state index in [1.807, 2.05) is 0 Å². The third-order valence-electron chi connectivity index (χ3n) is 6.34. The van der Waals surface area contributed by atoms with Crippen LogP contribution >= 0.6 is 0 Å². The molecule has 3 heterocycles. The Kier molecular flexibility index (Phi) is 3.86. The number of benzene rings is 1. The second kappa shape index (κ2) is 6.22. The summed E-state index contributed by atoms with van der Waals surface area (Å²) < 4.78 is 7.65. The van der Waals surface area contributed by atoms with E-state index in [4.69, 9.17) is 14.8 Å². The lowest BCUT2D eigenvalue weighted by molar-refractivity contribution is 0.0836. The highest BCUT2D eigenvalue weighted by Crippen LogP contribution is 2.64. The van der Waals surface area contributed by atoms with Crippen molar-refractivity contribution in [3.63, 3.8) is 0 Å². The van der Waals surface area contributed by atoms with Crippen molar-refractivity contribution in [3.05, 3.63) is 42.0 Å². The van der Waals surface area contributed by atoms with Gasteiger partial charge in [0.05, 0.1) is 5.69 Å². The zero-order valence-electron chi connectivity index (χ0n) is 14.7. The summed E-state index contributed by atoms with van der Waals surface area (Å²) in [6.07, 6.45) is 5.89. The number of aromatic nitrogens is 3. The fourth-order valence-electron chi connectivity index (χ4n) is 4.64. The van der Waals surface area contributed by atoms with Crippen molar-refractivity contribution in [2.24, 2.45) is 5.41 Å². The maximum atomic E-state index is 5.52. The van der Waals surface area contributed by atoms with Gasteiger partial charge in [0, 0.05) is 25.0 Å². The molecule has 2 aliphatic heterocycles. The maximum absolute atomic E-state index is 5.52. The van der Waals surface area contributed by atoms with Gasteiger partial charge in [-0.05, 0) is 62.7 Å². The maximum Gasteiger partial charge on any atom is 0.154 e. The summed E-state index contributed by atoms with van der Waals surface area (Å²) in [5, 5.41) is 8.48. The summed E-state index contributed by atoms with van der Waals surface area (Å²) in [5.74, 6) is 3.23. The van der Waals surface area contributed by atoms with Gasteiger partial charge in [0.1, 0.15) is 5.82 Å². The minimum Gasteiger partial charge on any atom is -0.381 e. The Bertz CT molecular complexity index is 729. The van der Waals surface area contributed by atoms with E-state index in [1.54, 1.807) is 0 Å². The highest BCUT2D eigenvalue weighted by atomic mass is 16.5. The summed E-state index contributed by atoms with van der Waals surface area (Å²) in [4.78, 5) is 5.10. The third-order valence-corrected chi connectivity index (χ3v) is 6.34. The van der Waals surface area contributed by atoms with Gasteiger partial charge in [-0.3, -0.25) is 0 Å². The lowest BCUT2D eigenvalue weighted by Gasteiger charge is -2.23. The lowest BCUT2D eigenvalue weighted by Crippen LogP contribution is -2.29. The van der Waals surface area contributed by atoms with Crippen molar-refractivity contribution in [1.29, 1.82) is 0 Å². The molecular formula is C20H26N4O. The van der Waals surface area contributed by atoms with Crippen LogP contribution in [0.1, 0.15) is 55.6 Å². The van der Waals surface area contributed by atoms with Gasteiger partial charge in [-0.25, -0.2) is 9.67 Å². The minimum atomic E-state index is 0.445. The summed E-state index contributed by atoms with van der Waals surface area (Å²) >= 11 is 0. The smallest absolute Gasteiger partial charge is 0.154 e. The molecule has 5 rings (SSSR count). The number of hydrogen-bond acceptors (Lipinski definition) is 4. The molecule has 5 heteroatoms. The molecule has 1 aromatic carbocycles. The molecule has 132 valence electrons. The van der Waals surface area contributed by atoms with E-state index < -0.39 is 0 Å². The van der Waals surface area contributed by atoms with Crippen LogP contribution in [0.3, 0.4) is 0 Å². The van der Waals surface area contributed by atoms with Crippen LogP contribution in [0.2, 0.25) is 0 Å². The molecule has 5 nitrogen and oxygen atoms in total. The number of nitrogens with zero attached hydrogens (tertiary/aromatic N) is 3. The largest absolute Gasteiger partial charge is 0.381 e. The van der Waals surface area contributed by atoms with Crippen LogP contribution < -0.4 is 5.32 Å². The van der Waals surface area contributed by atoms with Crippen molar-refractivity contribution in [2.45, 2.75) is 43.9 Å². The number of piperidine rings is 1. The molecule has 0 radical (unpaired) electrons. The van der Waals surface area contributed by atoms with Crippen LogP contribution in [0, 0.1) is 5.41 Å². The van der Waals surface area contributed by atoms with Crippen LogP contribution in [0.5, 0.6) is 0 Å². The summed E-state index contributed by atoms with van der Waals surface area (Å²) in [7, 11) is 0. The Morgan fingerprint density at radius 3 is 2.60 bits per heavy atom. The van der Waals surface area contributed by atoms with E-state index in [-0.39, 0.29) is 0 Å². The molecule has 25 heavy (non-hydrogen) atoms. The summed E-state index contributed by atoms with van der Waals surface area (Å²) in [6.45, 7) is 3.95. The zero-order valence-corrected chi connectivity index (χ0v) is 14.7. The van der Waals surface area contributed by atoms with Crippen LogP contribution in [-0.4, -0.2) is 41.1 Å². The van der Waals surface area contributed by atoms with Gasteiger partial charge in [0.25, 0.3) is 0 Å². The molecule has 3 fully saturated rings. The fourth-order valence-corrected chi connectivity index (χ4v) is 4.64. The average Bonchev–Trinajstić information content (AvgIpc) is 3.17. The first kappa shape index (κ1) is 15.5. The molecule has 1 atom stereocenters. The van der Waals surface area contributed by atoms with Crippen LogP contribution in [0.4, 0.5) is 0 Å². The number of hydrogen-bond donors (Lipinski definition) is 1. The lowest BCUT2D eigenvalue weighted by atomic mass is 9.91. The van der Waals surface area contributed by atoms with Gasteiger partial charge in [0.15, 0.2) is 5.82 Å². The molecule has 1 aliphatic carbocycles. The second-order valence-corrected chi connectivity index (χ2v) is 7.83. The molecule has 2 aromatic rings. The van der Waals surface area contributed by atoms with Gasteiger partial charge in [-0.2, -0.15) is 5.10 Å². The first-order chi connectivity index (χ1) is 12.4. The van der Waals surface area contributed by atoms with Gasteiger partial charge >= 0.3 is 0 Å². The van der Waals surface area contributed by atoms with E-state index in [2.05, 4.69) is 40.3 Å². The average molecular weight is 338 g/mol. The van der Waals surface area contributed by atoms with E-state index >= 15 is 0 Å². The Labute approximate surface area is 148 Å². The van der Waals surface area contributed by atoms with E-state index in [0.29, 0.717) is 17.3 Å². The first-order valence-electron chi connectivity index (χ1n) is 9.66. The zero-order chi connectivity index (χ0) is 16.7. The summed E-state index contributed by atoms with van der Waals surface area (Å²) in [6, 6.07) is 10.5. The molecule has 1 N–H and O–H groups in total. The number of ether oxygens (including phenoxy) is 1. The summed E-state index contributed by atoms with van der Waals surface area (Å²) in [5.41, 5.74) is 1.61. The minimum absolute atomic E-state index is 0.445. The van der Waals surface area contributed by atoms with E-state index in [1.165, 1.54) is 25.1 Å². The standard InChI is InChI=1S/C20H26N4O/c1-2-4-16(5-3-1)24-19(17-14-20(17)8-10-21-11-9-20)22-18(23-24)15-6-12-25-13-7-15/h1-5,15,17,21H,6-14H2/t17-/m0/s1. The Morgan fingerprint density at radius 1 is 1.08 bits per heavy atom. The van der Waals surface area contributed by atoms with Crippen molar-refractivity contribution in [1.82, 2.24) is 20.1 Å². The molecular weight excluding hydrogens is 312 g/mol. The SMILES string of the molecule is c1ccc(-n2nc(C3CCOCC3)nc2[C@@H]2CC23CCNCC3)cc1.